The zero-order valence-corrected chi connectivity index (χ0v) is 32.6. The summed E-state index contributed by atoms with van der Waals surface area (Å²) < 4.78 is 16.5. The van der Waals surface area contributed by atoms with Crippen molar-refractivity contribution in [3.05, 3.63) is 0 Å². The second-order valence-electron chi connectivity index (χ2n) is 15.2. The van der Waals surface area contributed by atoms with E-state index in [1.165, 1.54) is 103 Å². The van der Waals surface area contributed by atoms with Crippen molar-refractivity contribution in [3.63, 3.8) is 0 Å². The van der Waals surface area contributed by atoms with Gasteiger partial charge in [0.15, 0.2) is 6.10 Å². The fraction of sp³-hybridized carbons (Fsp3) is 0.929. The van der Waals surface area contributed by atoms with E-state index < -0.39 is 6.10 Å². The van der Waals surface area contributed by atoms with Crippen LogP contribution in [0.2, 0.25) is 0 Å². The summed E-state index contributed by atoms with van der Waals surface area (Å²) in [6.45, 7) is 11.2. The highest BCUT2D eigenvalue weighted by Crippen LogP contribution is 2.16. The molecular weight excluding hydrogens is 600 g/mol. The van der Waals surface area contributed by atoms with Gasteiger partial charge in [-0.15, -0.1) is 0 Å². The van der Waals surface area contributed by atoms with Gasteiger partial charge in [-0.05, 0) is 31.1 Å². The molecule has 0 unspecified atom stereocenters. The minimum Gasteiger partial charge on any atom is -0.462 e. The summed E-state index contributed by atoms with van der Waals surface area (Å²) in [4.78, 5) is 37.3. The highest BCUT2D eigenvalue weighted by atomic mass is 16.6. The van der Waals surface area contributed by atoms with Gasteiger partial charge in [0.2, 0.25) is 0 Å². The molecule has 0 saturated carbocycles. The molecule has 6 nitrogen and oxygen atoms in total. The van der Waals surface area contributed by atoms with Crippen molar-refractivity contribution in [1.82, 2.24) is 0 Å². The lowest BCUT2D eigenvalue weighted by atomic mass is 10.0. The van der Waals surface area contributed by atoms with Gasteiger partial charge in [-0.3, -0.25) is 14.4 Å². The lowest BCUT2D eigenvalue weighted by Crippen LogP contribution is -2.30. The Kier molecular flexibility index (Phi) is 34.1. The first-order valence-corrected chi connectivity index (χ1v) is 20.7. The van der Waals surface area contributed by atoms with Crippen molar-refractivity contribution in [2.45, 2.75) is 227 Å². The van der Waals surface area contributed by atoms with Crippen LogP contribution in [-0.4, -0.2) is 37.2 Å². The van der Waals surface area contributed by atoms with Gasteiger partial charge in [-0.2, -0.15) is 0 Å². The molecule has 0 heterocycles. The van der Waals surface area contributed by atoms with Crippen LogP contribution in [0.3, 0.4) is 0 Å². The Morgan fingerprint density at radius 2 is 0.688 bits per heavy atom. The highest BCUT2D eigenvalue weighted by molar-refractivity contribution is 5.71. The Morgan fingerprint density at radius 1 is 0.396 bits per heavy atom. The summed E-state index contributed by atoms with van der Waals surface area (Å²) in [5.41, 5.74) is 0. The second kappa shape index (κ2) is 35.2. The van der Waals surface area contributed by atoms with E-state index >= 15 is 0 Å². The van der Waals surface area contributed by atoms with Crippen molar-refractivity contribution >= 4 is 17.9 Å². The van der Waals surface area contributed by atoms with Crippen LogP contribution in [0.25, 0.3) is 0 Å². The van der Waals surface area contributed by atoms with Gasteiger partial charge < -0.3 is 14.2 Å². The maximum atomic E-state index is 12.5. The summed E-state index contributed by atoms with van der Waals surface area (Å²) in [7, 11) is 0. The van der Waals surface area contributed by atoms with Crippen molar-refractivity contribution in [2.24, 2.45) is 11.8 Å². The predicted molar refractivity (Wildman–Crippen MR) is 201 cm³/mol. The fourth-order valence-electron chi connectivity index (χ4n) is 6.05. The van der Waals surface area contributed by atoms with Gasteiger partial charge in [0, 0.05) is 19.3 Å². The summed E-state index contributed by atoms with van der Waals surface area (Å²) in [5.74, 6) is 0.749. The zero-order valence-electron chi connectivity index (χ0n) is 32.6. The van der Waals surface area contributed by atoms with E-state index in [0.29, 0.717) is 19.3 Å². The smallest absolute Gasteiger partial charge is 0.306 e. The number of ether oxygens (including phenoxy) is 3. The van der Waals surface area contributed by atoms with Crippen LogP contribution in [0.1, 0.15) is 221 Å². The summed E-state index contributed by atoms with van der Waals surface area (Å²) in [6.07, 6.45) is 31.2. The van der Waals surface area contributed by atoms with Crippen LogP contribution in [0, 0.1) is 11.8 Å². The molecule has 6 heteroatoms. The van der Waals surface area contributed by atoms with E-state index in [1.54, 1.807) is 0 Å². The standard InChI is InChI=1S/C42H80O6/c1-6-7-8-20-29-34-42(45)48-39(36-47-41(44)33-28-24-19-15-11-13-17-22-26-31-38(4)5)35-46-40(43)32-27-23-18-14-10-9-12-16-21-25-30-37(2)3/h37-39H,6-36H2,1-5H3/t39-/m1/s1. The maximum absolute atomic E-state index is 12.5. The Morgan fingerprint density at radius 3 is 1.02 bits per heavy atom. The van der Waals surface area contributed by atoms with Crippen LogP contribution in [0.5, 0.6) is 0 Å². The number of carbonyl (C=O) groups excluding carboxylic acids is 3. The van der Waals surface area contributed by atoms with E-state index in [9.17, 15) is 14.4 Å². The average Bonchev–Trinajstić information content (AvgIpc) is 3.04. The normalized spacial score (nSPS) is 12.1. The van der Waals surface area contributed by atoms with Crippen molar-refractivity contribution in [2.75, 3.05) is 13.2 Å². The summed E-state index contributed by atoms with van der Waals surface area (Å²) in [6, 6.07) is 0. The van der Waals surface area contributed by atoms with E-state index in [4.69, 9.17) is 14.2 Å². The largest absolute Gasteiger partial charge is 0.462 e. The van der Waals surface area contributed by atoms with Gasteiger partial charge in [0.1, 0.15) is 13.2 Å². The van der Waals surface area contributed by atoms with Crippen molar-refractivity contribution in [1.29, 1.82) is 0 Å². The van der Waals surface area contributed by atoms with Crippen LogP contribution < -0.4 is 0 Å². The molecule has 0 radical (unpaired) electrons. The molecule has 0 fully saturated rings. The Balaban J connectivity index is 4.20. The lowest BCUT2D eigenvalue weighted by molar-refractivity contribution is -0.167. The molecule has 0 aliphatic heterocycles. The molecule has 0 aliphatic carbocycles. The number of carbonyl (C=O) groups is 3. The van der Waals surface area contributed by atoms with Crippen LogP contribution in [0.4, 0.5) is 0 Å². The van der Waals surface area contributed by atoms with Gasteiger partial charge in [-0.25, -0.2) is 0 Å². The fourth-order valence-corrected chi connectivity index (χ4v) is 6.05. The molecule has 48 heavy (non-hydrogen) atoms. The molecule has 0 aliphatic rings. The monoisotopic (exact) mass is 681 g/mol. The van der Waals surface area contributed by atoms with Crippen LogP contribution in [-0.2, 0) is 28.6 Å². The minimum atomic E-state index is -0.757. The van der Waals surface area contributed by atoms with E-state index in [-0.39, 0.29) is 31.1 Å². The maximum Gasteiger partial charge on any atom is 0.306 e. The van der Waals surface area contributed by atoms with Gasteiger partial charge in [0.25, 0.3) is 0 Å². The topological polar surface area (TPSA) is 78.9 Å². The van der Waals surface area contributed by atoms with Crippen molar-refractivity contribution < 1.29 is 28.6 Å². The molecule has 0 rings (SSSR count). The molecule has 0 spiro atoms. The third-order valence-corrected chi connectivity index (χ3v) is 9.22. The van der Waals surface area contributed by atoms with Gasteiger partial charge in [0.05, 0.1) is 0 Å². The molecule has 0 aromatic heterocycles. The number of hydrogen-bond acceptors (Lipinski definition) is 6. The number of unbranched alkanes of at least 4 members (excludes halogenated alkanes) is 21. The highest BCUT2D eigenvalue weighted by Gasteiger charge is 2.19. The average molecular weight is 681 g/mol. The third kappa shape index (κ3) is 35.7. The number of rotatable bonds is 36. The quantitative estimate of drug-likeness (QED) is 0.0372. The molecule has 0 aromatic carbocycles. The summed E-state index contributed by atoms with van der Waals surface area (Å²) >= 11 is 0. The minimum absolute atomic E-state index is 0.0671. The zero-order chi connectivity index (χ0) is 35.5. The summed E-state index contributed by atoms with van der Waals surface area (Å²) in [5, 5.41) is 0. The molecule has 0 bridgehead atoms. The van der Waals surface area contributed by atoms with Crippen molar-refractivity contribution in [3.8, 4) is 0 Å². The van der Waals surface area contributed by atoms with E-state index in [0.717, 1.165) is 76.0 Å². The molecule has 0 N–H and O–H groups in total. The van der Waals surface area contributed by atoms with E-state index in [2.05, 4.69) is 34.6 Å². The predicted octanol–water partition coefficient (Wildman–Crippen LogP) is 12.6. The Labute approximate surface area is 298 Å². The Hall–Kier alpha value is -1.59. The molecule has 284 valence electrons. The molecule has 0 amide bonds. The van der Waals surface area contributed by atoms with E-state index in [1.807, 2.05) is 0 Å². The number of esters is 3. The Bertz CT molecular complexity index is 734. The first-order valence-electron chi connectivity index (χ1n) is 20.7. The first kappa shape index (κ1) is 46.4. The third-order valence-electron chi connectivity index (χ3n) is 9.22. The molecule has 1 atom stereocenters. The van der Waals surface area contributed by atoms with Crippen LogP contribution in [0.15, 0.2) is 0 Å². The lowest BCUT2D eigenvalue weighted by Gasteiger charge is -2.18. The van der Waals surface area contributed by atoms with Gasteiger partial charge >= 0.3 is 17.9 Å². The first-order chi connectivity index (χ1) is 23.2. The molecule has 0 saturated heterocycles. The molecule has 0 aromatic rings. The molecular formula is C42H80O6. The SMILES string of the molecule is CCCCCCCC(=O)O[C@H](COC(=O)CCCCCCCCCCCCC(C)C)COC(=O)CCCCCCCCCCCC(C)C. The van der Waals surface area contributed by atoms with Crippen LogP contribution >= 0.6 is 0 Å². The number of hydrogen-bond donors (Lipinski definition) is 0. The van der Waals surface area contributed by atoms with Gasteiger partial charge in [-0.1, -0.05) is 182 Å². The second-order valence-corrected chi connectivity index (χ2v) is 15.2.